The van der Waals surface area contributed by atoms with Crippen molar-refractivity contribution in [3.05, 3.63) is 46.5 Å². The first-order chi connectivity index (χ1) is 9.88. The number of allylic oxidation sites excluding steroid dienone is 2. The van der Waals surface area contributed by atoms with E-state index in [9.17, 15) is 18.0 Å². The van der Waals surface area contributed by atoms with E-state index in [1.807, 2.05) is 6.08 Å². The van der Waals surface area contributed by atoms with Crippen LogP contribution >= 0.6 is 0 Å². The Labute approximate surface area is 120 Å². The third-order valence-corrected chi connectivity index (χ3v) is 3.22. The van der Waals surface area contributed by atoms with Crippen LogP contribution in [0.5, 0.6) is 0 Å². The van der Waals surface area contributed by atoms with Gasteiger partial charge in [-0.05, 0) is 49.5 Å². The number of aromatic carboxylic acids is 1. The van der Waals surface area contributed by atoms with Crippen molar-refractivity contribution in [1.82, 2.24) is 0 Å². The van der Waals surface area contributed by atoms with Crippen molar-refractivity contribution in [3.8, 4) is 11.8 Å². The average molecular weight is 294 g/mol. The minimum absolute atomic E-state index is 0.204. The second kappa shape index (κ2) is 6.04. The van der Waals surface area contributed by atoms with E-state index in [2.05, 4.69) is 11.8 Å². The van der Waals surface area contributed by atoms with Crippen LogP contribution in [0.3, 0.4) is 0 Å². The fourth-order valence-corrected chi connectivity index (χ4v) is 2.13. The fraction of sp³-hybridized carbons (Fsp3) is 0.312. The molecule has 0 amide bonds. The van der Waals surface area contributed by atoms with Crippen LogP contribution in [0.25, 0.3) is 0 Å². The fourth-order valence-electron chi connectivity index (χ4n) is 2.13. The van der Waals surface area contributed by atoms with Crippen LogP contribution in [0.15, 0.2) is 29.8 Å². The number of rotatable bonds is 1. The number of hydrogen-bond acceptors (Lipinski definition) is 1. The summed E-state index contributed by atoms with van der Waals surface area (Å²) in [6.07, 6.45) is 1.04. The van der Waals surface area contributed by atoms with Gasteiger partial charge in [-0.2, -0.15) is 13.2 Å². The topological polar surface area (TPSA) is 37.3 Å². The van der Waals surface area contributed by atoms with Gasteiger partial charge in [0.1, 0.15) is 0 Å². The summed E-state index contributed by atoms with van der Waals surface area (Å²) in [5, 5.41) is 8.88. The predicted octanol–water partition coefficient (Wildman–Crippen LogP) is 4.26. The molecule has 1 aliphatic rings. The molecule has 5 heteroatoms. The van der Waals surface area contributed by atoms with Gasteiger partial charge in [0.05, 0.1) is 11.1 Å². The normalized spacial score (nSPS) is 14.9. The first kappa shape index (κ1) is 15.2. The Hall–Kier alpha value is -2.22. The Bertz CT molecular complexity index is 646. The standard InChI is InChI=1S/C16H13F3O2/c17-16(18,19)14-9-8-13(15(20)21)10-12(14)7-6-11-4-2-1-3-5-11/h4,8-10H,1-3,5H2,(H,20,21). The Balaban J connectivity index is 2.44. The minimum atomic E-state index is -4.55. The molecule has 0 unspecified atom stereocenters. The predicted molar refractivity (Wildman–Crippen MR) is 71.8 cm³/mol. The van der Waals surface area contributed by atoms with Crippen LogP contribution < -0.4 is 0 Å². The van der Waals surface area contributed by atoms with Gasteiger partial charge in [-0.1, -0.05) is 17.9 Å². The molecule has 2 rings (SSSR count). The second-order valence-corrected chi connectivity index (χ2v) is 4.79. The maximum atomic E-state index is 12.9. The van der Waals surface area contributed by atoms with Gasteiger partial charge in [-0.3, -0.25) is 0 Å². The third-order valence-electron chi connectivity index (χ3n) is 3.22. The van der Waals surface area contributed by atoms with Crippen molar-refractivity contribution in [2.75, 3.05) is 0 Å². The van der Waals surface area contributed by atoms with Gasteiger partial charge in [0.25, 0.3) is 0 Å². The Morgan fingerprint density at radius 2 is 1.95 bits per heavy atom. The van der Waals surface area contributed by atoms with Crippen LogP contribution in [-0.2, 0) is 6.18 Å². The third kappa shape index (κ3) is 3.88. The van der Waals surface area contributed by atoms with E-state index in [0.29, 0.717) is 0 Å². The summed E-state index contributed by atoms with van der Waals surface area (Å²) in [5.41, 5.74) is -0.592. The lowest BCUT2D eigenvalue weighted by molar-refractivity contribution is -0.137. The maximum Gasteiger partial charge on any atom is 0.417 e. The van der Waals surface area contributed by atoms with Crippen LogP contribution in [-0.4, -0.2) is 11.1 Å². The first-order valence-corrected chi connectivity index (χ1v) is 6.53. The highest BCUT2D eigenvalue weighted by molar-refractivity contribution is 5.88. The molecule has 0 heterocycles. The molecule has 1 aromatic carbocycles. The molecule has 0 saturated heterocycles. The van der Waals surface area contributed by atoms with E-state index in [4.69, 9.17) is 5.11 Å². The molecule has 0 atom stereocenters. The van der Waals surface area contributed by atoms with E-state index in [1.165, 1.54) is 0 Å². The summed E-state index contributed by atoms with van der Waals surface area (Å²) >= 11 is 0. The van der Waals surface area contributed by atoms with Crippen molar-refractivity contribution in [1.29, 1.82) is 0 Å². The number of halogens is 3. The van der Waals surface area contributed by atoms with Crippen molar-refractivity contribution < 1.29 is 23.1 Å². The summed E-state index contributed by atoms with van der Waals surface area (Å²) in [6, 6.07) is 2.68. The maximum absolute atomic E-state index is 12.9. The lowest BCUT2D eigenvalue weighted by atomic mass is 9.98. The zero-order valence-corrected chi connectivity index (χ0v) is 11.1. The van der Waals surface area contributed by atoms with Gasteiger partial charge in [0, 0.05) is 5.56 Å². The molecular formula is C16H13F3O2. The van der Waals surface area contributed by atoms with Crippen molar-refractivity contribution in [2.45, 2.75) is 31.9 Å². The molecule has 0 radical (unpaired) electrons. The van der Waals surface area contributed by atoms with Crippen LogP contribution in [0, 0.1) is 11.8 Å². The number of hydrogen-bond donors (Lipinski definition) is 1. The lowest BCUT2D eigenvalue weighted by Crippen LogP contribution is -2.09. The van der Waals surface area contributed by atoms with Gasteiger partial charge in [-0.15, -0.1) is 0 Å². The molecule has 0 aliphatic heterocycles. The number of benzene rings is 1. The highest BCUT2D eigenvalue weighted by atomic mass is 19.4. The summed E-state index contributed by atoms with van der Waals surface area (Å²) in [4.78, 5) is 10.9. The molecule has 0 bridgehead atoms. The average Bonchev–Trinajstić information content (AvgIpc) is 2.45. The van der Waals surface area contributed by atoms with Crippen molar-refractivity contribution in [2.24, 2.45) is 0 Å². The smallest absolute Gasteiger partial charge is 0.417 e. The van der Waals surface area contributed by atoms with Crippen LogP contribution in [0.2, 0.25) is 0 Å². The largest absolute Gasteiger partial charge is 0.478 e. The molecule has 0 fully saturated rings. The molecular weight excluding hydrogens is 281 g/mol. The minimum Gasteiger partial charge on any atom is -0.478 e. The number of carboxylic acid groups (broad SMARTS) is 1. The highest BCUT2D eigenvalue weighted by Gasteiger charge is 2.33. The van der Waals surface area contributed by atoms with E-state index in [1.54, 1.807) is 0 Å². The van der Waals surface area contributed by atoms with Crippen molar-refractivity contribution >= 4 is 5.97 Å². The summed E-state index contributed by atoms with van der Waals surface area (Å²) in [7, 11) is 0. The zero-order valence-electron chi connectivity index (χ0n) is 11.1. The molecule has 1 N–H and O–H groups in total. The van der Waals surface area contributed by atoms with Crippen LogP contribution in [0.1, 0.15) is 47.2 Å². The molecule has 0 aromatic heterocycles. The quantitative estimate of drug-likeness (QED) is 0.786. The summed E-state index contributed by atoms with van der Waals surface area (Å²) in [6.45, 7) is 0. The molecule has 110 valence electrons. The van der Waals surface area contributed by atoms with E-state index in [0.717, 1.165) is 49.5 Å². The van der Waals surface area contributed by atoms with Gasteiger partial charge in [-0.25, -0.2) is 4.79 Å². The molecule has 21 heavy (non-hydrogen) atoms. The number of carboxylic acids is 1. The molecule has 1 aromatic rings. The number of carbonyl (C=O) groups is 1. The van der Waals surface area contributed by atoms with Crippen LogP contribution in [0.4, 0.5) is 13.2 Å². The lowest BCUT2D eigenvalue weighted by Gasteiger charge is -2.10. The van der Waals surface area contributed by atoms with E-state index < -0.39 is 17.7 Å². The second-order valence-electron chi connectivity index (χ2n) is 4.79. The molecule has 1 aliphatic carbocycles. The molecule has 0 saturated carbocycles. The summed E-state index contributed by atoms with van der Waals surface area (Å²) in [5.74, 6) is 3.94. The Kier molecular flexibility index (Phi) is 4.37. The van der Waals surface area contributed by atoms with E-state index >= 15 is 0 Å². The molecule has 0 spiro atoms. The summed E-state index contributed by atoms with van der Waals surface area (Å²) < 4.78 is 38.8. The number of alkyl halides is 3. The van der Waals surface area contributed by atoms with Gasteiger partial charge >= 0.3 is 12.1 Å². The van der Waals surface area contributed by atoms with Crippen molar-refractivity contribution in [3.63, 3.8) is 0 Å². The van der Waals surface area contributed by atoms with Gasteiger partial charge < -0.3 is 5.11 Å². The van der Waals surface area contributed by atoms with E-state index in [-0.39, 0.29) is 11.1 Å². The Morgan fingerprint density at radius 3 is 2.52 bits per heavy atom. The molecule has 2 nitrogen and oxygen atoms in total. The monoisotopic (exact) mass is 294 g/mol. The van der Waals surface area contributed by atoms with Gasteiger partial charge in [0.2, 0.25) is 0 Å². The SMILES string of the molecule is O=C(O)c1ccc(C(F)(F)F)c(C#CC2=CCCCC2)c1. The first-order valence-electron chi connectivity index (χ1n) is 6.53. The highest BCUT2D eigenvalue weighted by Crippen LogP contribution is 2.32. The Morgan fingerprint density at radius 1 is 1.19 bits per heavy atom. The zero-order chi connectivity index (χ0) is 15.5. The van der Waals surface area contributed by atoms with Gasteiger partial charge in [0.15, 0.2) is 0 Å².